The zero-order chi connectivity index (χ0) is 11.7. The molecule has 0 bridgehead atoms. The minimum absolute atomic E-state index is 0.400. The number of hydrogen-bond acceptors (Lipinski definition) is 2. The normalized spacial score (nSPS) is 30.2. The first-order valence-electron chi connectivity index (χ1n) is 6.37. The summed E-state index contributed by atoms with van der Waals surface area (Å²) in [6.45, 7) is 6.59. The van der Waals surface area contributed by atoms with E-state index >= 15 is 0 Å². The molecule has 3 nitrogen and oxygen atoms in total. The Morgan fingerprint density at radius 3 is 2.75 bits per heavy atom. The van der Waals surface area contributed by atoms with Crippen LogP contribution in [0.2, 0.25) is 0 Å². The van der Waals surface area contributed by atoms with Crippen molar-refractivity contribution < 1.29 is 0 Å². The Kier molecular flexibility index (Phi) is 3.33. The van der Waals surface area contributed by atoms with E-state index in [0.29, 0.717) is 18.0 Å². The summed E-state index contributed by atoms with van der Waals surface area (Å²) in [6, 6.07) is 3.01. The number of hydrogen-bond donors (Lipinski definition) is 1. The van der Waals surface area contributed by atoms with Crippen LogP contribution in [0.4, 0.5) is 0 Å². The van der Waals surface area contributed by atoms with Crippen LogP contribution in [0.1, 0.15) is 45.3 Å². The van der Waals surface area contributed by atoms with Gasteiger partial charge in [0.25, 0.3) is 0 Å². The maximum atomic E-state index is 6.05. The van der Waals surface area contributed by atoms with Gasteiger partial charge in [0.2, 0.25) is 0 Å². The molecule has 90 valence electrons. The van der Waals surface area contributed by atoms with Crippen molar-refractivity contribution in [1.29, 1.82) is 0 Å². The highest BCUT2D eigenvalue weighted by atomic mass is 15.3. The lowest BCUT2D eigenvalue weighted by Gasteiger charge is -2.16. The fourth-order valence-corrected chi connectivity index (χ4v) is 2.61. The third kappa shape index (κ3) is 2.29. The summed E-state index contributed by atoms with van der Waals surface area (Å²) < 4.78 is 2.04. The first kappa shape index (κ1) is 11.6. The molecule has 16 heavy (non-hydrogen) atoms. The standard InChI is InChI=1S/C13H23N3/c1-9(2)16-7-6-12(15-16)8-11-4-5-13(14)10(11)3/h6-7,9-11,13H,4-5,8,14H2,1-3H3. The van der Waals surface area contributed by atoms with Crippen molar-refractivity contribution in [3.63, 3.8) is 0 Å². The van der Waals surface area contributed by atoms with Crippen LogP contribution in [0.25, 0.3) is 0 Å². The van der Waals surface area contributed by atoms with Crippen LogP contribution in [-0.4, -0.2) is 15.8 Å². The largest absolute Gasteiger partial charge is 0.327 e. The van der Waals surface area contributed by atoms with E-state index in [0.717, 1.165) is 12.3 Å². The Morgan fingerprint density at radius 1 is 1.50 bits per heavy atom. The predicted molar refractivity (Wildman–Crippen MR) is 66.2 cm³/mol. The topological polar surface area (TPSA) is 43.8 Å². The van der Waals surface area contributed by atoms with Gasteiger partial charge in [0.1, 0.15) is 0 Å². The highest BCUT2D eigenvalue weighted by Gasteiger charge is 2.30. The minimum Gasteiger partial charge on any atom is -0.327 e. The van der Waals surface area contributed by atoms with Crippen LogP contribution in [-0.2, 0) is 6.42 Å². The zero-order valence-electron chi connectivity index (χ0n) is 10.6. The Bertz CT molecular complexity index is 343. The molecule has 0 saturated heterocycles. The molecule has 1 aromatic heterocycles. The van der Waals surface area contributed by atoms with E-state index in [2.05, 4.69) is 38.1 Å². The molecule has 3 atom stereocenters. The fourth-order valence-electron chi connectivity index (χ4n) is 2.61. The van der Waals surface area contributed by atoms with Gasteiger partial charge in [0, 0.05) is 18.3 Å². The molecule has 0 aliphatic heterocycles. The molecular weight excluding hydrogens is 198 g/mol. The summed E-state index contributed by atoms with van der Waals surface area (Å²) in [5, 5.41) is 4.61. The molecule has 0 amide bonds. The van der Waals surface area contributed by atoms with Gasteiger partial charge in [0.15, 0.2) is 0 Å². The Balaban J connectivity index is 1.98. The zero-order valence-corrected chi connectivity index (χ0v) is 10.6. The third-order valence-corrected chi connectivity index (χ3v) is 3.95. The predicted octanol–water partition coefficient (Wildman–Crippen LogP) is 2.38. The Morgan fingerprint density at radius 2 is 2.25 bits per heavy atom. The maximum Gasteiger partial charge on any atom is 0.0627 e. The first-order valence-corrected chi connectivity index (χ1v) is 6.37. The second-order valence-electron chi connectivity index (χ2n) is 5.45. The second kappa shape index (κ2) is 4.58. The molecule has 3 heteroatoms. The van der Waals surface area contributed by atoms with Gasteiger partial charge < -0.3 is 5.73 Å². The van der Waals surface area contributed by atoms with Crippen molar-refractivity contribution in [2.75, 3.05) is 0 Å². The number of nitrogens with zero attached hydrogens (tertiary/aromatic N) is 2. The van der Waals surface area contributed by atoms with Gasteiger partial charge in [-0.05, 0) is 51.0 Å². The van der Waals surface area contributed by atoms with Gasteiger partial charge in [-0.15, -0.1) is 0 Å². The van der Waals surface area contributed by atoms with E-state index in [4.69, 9.17) is 5.73 Å². The van der Waals surface area contributed by atoms with Gasteiger partial charge in [-0.1, -0.05) is 6.92 Å². The monoisotopic (exact) mass is 221 g/mol. The van der Waals surface area contributed by atoms with Gasteiger partial charge in [0.05, 0.1) is 5.69 Å². The van der Waals surface area contributed by atoms with Crippen molar-refractivity contribution in [2.24, 2.45) is 17.6 Å². The average molecular weight is 221 g/mol. The summed E-state index contributed by atoms with van der Waals surface area (Å²) in [5.74, 6) is 1.37. The Labute approximate surface area is 98.0 Å². The number of aromatic nitrogens is 2. The summed E-state index contributed by atoms with van der Waals surface area (Å²) in [5.41, 5.74) is 7.27. The lowest BCUT2D eigenvalue weighted by molar-refractivity contribution is 0.384. The molecular formula is C13H23N3. The summed E-state index contributed by atoms with van der Waals surface area (Å²) in [6.07, 6.45) is 5.61. The second-order valence-corrected chi connectivity index (χ2v) is 5.45. The molecule has 0 aromatic carbocycles. The molecule has 1 aromatic rings. The van der Waals surface area contributed by atoms with E-state index < -0.39 is 0 Å². The van der Waals surface area contributed by atoms with Gasteiger partial charge in [-0.2, -0.15) is 5.10 Å². The molecule has 0 spiro atoms. The number of rotatable bonds is 3. The lowest BCUT2D eigenvalue weighted by atomic mass is 9.92. The molecule has 2 rings (SSSR count). The molecule has 1 heterocycles. The summed E-state index contributed by atoms with van der Waals surface area (Å²) in [7, 11) is 0. The number of nitrogens with two attached hydrogens (primary N) is 1. The Hall–Kier alpha value is -0.830. The van der Waals surface area contributed by atoms with Crippen LogP contribution in [0.15, 0.2) is 12.3 Å². The van der Waals surface area contributed by atoms with Gasteiger partial charge in [-0.25, -0.2) is 0 Å². The molecule has 1 fully saturated rings. The maximum absolute atomic E-state index is 6.05. The van der Waals surface area contributed by atoms with Gasteiger partial charge in [-0.3, -0.25) is 4.68 Å². The SMILES string of the molecule is CC1C(N)CCC1Cc1ccn(C(C)C)n1. The van der Waals surface area contributed by atoms with Crippen LogP contribution in [0.3, 0.4) is 0 Å². The quantitative estimate of drug-likeness (QED) is 0.851. The average Bonchev–Trinajstić information content (AvgIpc) is 2.81. The minimum atomic E-state index is 0.400. The van der Waals surface area contributed by atoms with Crippen molar-refractivity contribution in [3.8, 4) is 0 Å². The van der Waals surface area contributed by atoms with Crippen LogP contribution >= 0.6 is 0 Å². The van der Waals surface area contributed by atoms with E-state index in [1.807, 2.05) is 4.68 Å². The molecule has 2 N–H and O–H groups in total. The molecule has 1 aliphatic rings. The smallest absolute Gasteiger partial charge is 0.0627 e. The van der Waals surface area contributed by atoms with Crippen LogP contribution in [0, 0.1) is 11.8 Å². The van der Waals surface area contributed by atoms with Crippen molar-refractivity contribution in [2.45, 2.75) is 52.1 Å². The lowest BCUT2D eigenvalue weighted by Crippen LogP contribution is -2.25. The van der Waals surface area contributed by atoms with E-state index in [-0.39, 0.29) is 0 Å². The molecule has 1 aliphatic carbocycles. The summed E-state index contributed by atoms with van der Waals surface area (Å²) >= 11 is 0. The first-order chi connectivity index (χ1) is 7.58. The fraction of sp³-hybridized carbons (Fsp3) is 0.769. The van der Waals surface area contributed by atoms with Gasteiger partial charge >= 0.3 is 0 Å². The van der Waals surface area contributed by atoms with E-state index in [1.165, 1.54) is 18.5 Å². The van der Waals surface area contributed by atoms with Crippen LogP contribution < -0.4 is 5.73 Å². The van der Waals surface area contributed by atoms with E-state index in [9.17, 15) is 0 Å². The molecule has 0 radical (unpaired) electrons. The van der Waals surface area contributed by atoms with Crippen molar-refractivity contribution >= 4 is 0 Å². The molecule has 1 saturated carbocycles. The highest BCUT2D eigenvalue weighted by molar-refractivity contribution is 5.03. The van der Waals surface area contributed by atoms with Crippen molar-refractivity contribution in [1.82, 2.24) is 9.78 Å². The van der Waals surface area contributed by atoms with Crippen LogP contribution in [0.5, 0.6) is 0 Å². The highest BCUT2D eigenvalue weighted by Crippen LogP contribution is 2.32. The third-order valence-electron chi connectivity index (χ3n) is 3.95. The van der Waals surface area contributed by atoms with E-state index in [1.54, 1.807) is 0 Å². The molecule has 3 unspecified atom stereocenters. The van der Waals surface area contributed by atoms with Crippen molar-refractivity contribution in [3.05, 3.63) is 18.0 Å². The summed E-state index contributed by atoms with van der Waals surface area (Å²) in [4.78, 5) is 0.